The highest BCUT2D eigenvalue weighted by atomic mass is 35.5. The van der Waals surface area contributed by atoms with Crippen LogP contribution < -0.4 is 10.1 Å². The number of carbonyl (C=O) groups excluding carboxylic acids is 3. The number of alkyl halides is 1. The Morgan fingerprint density at radius 1 is 0.895 bits per heavy atom. The average molecular weight is 546 g/mol. The molecule has 1 amide bonds. The Balaban J connectivity index is 2.31. The first-order valence-electron chi connectivity index (χ1n) is 13.2. The van der Waals surface area contributed by atoms with E-state index in [4.69, 9.17) is 25.8 Å². The number of halogens is 1. The van der Waals surface area contributed by atoms with Crippen molar-refractivity contribution >= 4 is 34.9 Å². The largest absolute Gasteiger partial charge is 0.497 e. The van der Waals surface area contributed by atoms with Crippen LogP contribution in [0.1, 0.15) is 75.6 Å². The van der Waals surface area contributed by atoms with E-state index in [0.717, 1.165) is 32.1 Å². The van der Waals surface area contributed by atoms with Crippen LogP contribution in [0.15, 0.2) is 54.6 Å². The van der Waals surface area contributed by atoms with E-state index in [-0.39, 0.29) is 11.7 Å². The van der Waals surface area contributed by atoms with Gasteiger partial charge in [-0.05, 0) is 69.0 Å². The fourth-order valence-electron chi connectivity index (χ4n) is 3.98. The first-order chi connectivity index (χ1) is 18.3. The number of esters is 1. The number of ketones is 1. The summed E-state index contributed by atoms with van der Waals surface area (Å²) < 4.78 is 16.3. The van der Waals surface area contributed by atoms with Crippen molar-refractivity contribution in [2.24, 2.45) is 0 Å². The fourth-order valence-corrected chi connectivity index (χ4v) is 4.18. The van der Waals surface area contributed by atoms with E-state index in [0.29, 0.717) is 30.7 Å². The predicted octanol–water partition coefficient (Wildman–Crippen LogP) is 6.58. The summed E-state index contributed by atoms with van der Waals surface area (Å²) in [4.78, 5) is 38.0. The number of anilines is 1. The number of amides is 1. The van der Waals surface area contributed by atoms with Crippen LogP contribution in [0, 0.1) is 0 Å². The molecule has 2 rings (SSSR count). The van der Waals surface area contributed by atoms with Crippen molar-refractivity contribution in [2.45, 2.75) is 82.3 Å². The molecule has 0 heterocycles. The Morgan fingerprint density at radius 2 is 1.55 bits per heavy atom. The summed E-state index contributed by atoms with van der Waals surface area (Å²) in [6.45, 7) is 4.09. The summed E-state index contributed by atoms with van der Waals surface area (Å²) in [7, 11) is 3.13. The van der Waals surface area contributed by atoms with E-state index in [2.05, 4.69) is 12.2 Å². The van der Waals surface area contributed by atoms with Crippen molar-refractivity contribution in [1.82, 2.24) is 0 Å². The molecule has 0 aliphatic carbocycles. The Bertz CT molecular complexity index is 1010. The quantitative estimate of drug-likeness (QED) is 0.0793. The van der Waals surface area contributed by atoms with E-state index in [1.807, 2.05) is 6.92 Å². The Kier molecular flexibility index (Phi) is 13.3. The van der Waals surface area contributed by atoms with Crippen molar-refractivity contribution in [3.8, 4) is 5.75 Å². The minimum absolute atomic E-state index is 0.0284. The lowest BCUT2D eigenvalue weighted by molar-refractivity contribution is -0.153. The molecule has 38 heavy (non-hydrogen) atoms. The second-order valence-corrected chi connectivity index (χ2v) is 9.96. The molecule has 0 aromatic heterocycles. The predicted molar refractivity (Wildman–Crippen MR) is 150 cm³/mol. The second-order valence-electron chi connectivity index (χ2n) is 9.39. The van der Waals surface area contributed by atoms with Gasteiger partial charge in [-0.25, -0.2) is 4.79 Å². The first-order valence-corrected chi connectivity index (χ1v) is 13.6. The van der Waals surface area contributed by atoms with E-state index in [9.17, 15) is 14.4 Å². The van der Waals surface area contributed by atoms with Gasteiger partial charge in [0, 0.05) is 18.4 Å². The zero-order valence-corrected chi connectivity index (χ0v) is 23.6. The topological polar surface area (TPSA) is 90.9 Å². The molecule has 0 aliphatic heterocycles. The Morgan fingerprint density at radius 3 is 2.16 bits per heavy atom. The van der Waals surface area contributed by atoms with Crippen molar-refractivity contribution < 1.29 is 28.6 Å². The van der Waals surface area contributed by atoms with Crippen LogP contribution in [0.2, 0.25) is 0 Å². The van der Waals surface area contributed by atoms with Crippen LogP contribution in [-0.4, -0.2) is 49.0 Å². The lowest BCUT2D eigenvalue weighted by Crippen LogP contribution is -2.53. The molecule has 0 fully saturated rings. The SMILES string of the molecule is CCCCCCCC(CCC(C)OC)OC(=O)C(Cl)(C(=O)Nc1ccccc1)C(=O)c1ccc(OC)cc1. The number of unbranched alkanes of at least 4 members (excludes halogenated alkanes) is 4. The molecule has 0 radical (unpaired) electrons. The van der Waals surface area contributed by atoms with E-state index >= 15 is 0 Å². The van der Waals surface area contributed by atoms with Crippen LogP contribution in [0.5, 0.6) is 5.75 Å². The maximum Gasteiger partial charge on any atom is 0.345 e. The molecule has 8 heteroatoms. The summed E-state index contributed by atoms with van der Waals surface area (Å²) in [6, 6.07) is 14.6. The third-order valence-corrected chi connectivity index (χ3v) is 6.99. The summed E-state index contributed by atoms with van der Waals surface area (Å²) in [5, 5.41) is 2.60. The standard InChI is InChI=1S/C30H40ClNO6/c1-5-6-7-8-12-15-26(19-16-22(2)36-3)38-29(35)30(31,28(34)32-24-13-10-9-11-14-24)27(33)23-17-20-25(37-4)21-18-23/h9-11,13-14,17-18,20-22,26H,5-8,12,15-16,19H2,1-4H3,(H,32,34). The van der Waals surface area contributed by atoms with Crippen molar-refractivity contribution in [3.05, 3.63) is 60.2 Å². The third kappa shape index (κ3) is 9.14. The second kappa shape index (κ2) is 16.1. The van der Waals surface area contributed by atoms with Crippen molar-refractivity contribution in [2.75, 3.05) is 19.5 Å². The molecule has 3 unspecified atom stereocenters. The molecular formula is C30H40ClNO6. The fraction of sp³-hybridized carbons (Fsp3) is 0.500. The molecule has 1 N–H and O–H groups in total. The third-order valence-electron chi connectivity index (χ3n) is 6.49. The number of methoxy groups -OCH3 is 2. The van der Waals surface area contributed by atoms with Gasteiger partial charge in [0.1, 0.15) is 11.9 Å². The molecule has 2 aromatic carbocycles. The smallest absolute Gasteiger partial charge is 0.345 e. The average Bonchev–Trinajstić information content (AvgIpc) is 2.94. The number of para-hydroxylation sites is 1. The molecule has 208 valence electrons. The molecule has 0 aliphatic rings. The lowest BCUT2D eigenvalue weighted by Gasteiger charge is -2.27. The van der Waals surface area contributed by atoms with Gasteiger partial charge in [0.05, 0.1) is 13.2 Å². The molecule has 3 atom stereocenters. The number of carbonyl (C=O) groups is 3. The molecule has 2 aromatic rings. The Labute approximate surface area is 231 Å². The van der Waals surface area contributed by atoms with Gasteiger partial charge in [-0.3, -0.25) is 9.59 Å². The molecule has 0 saturated heterocycles. The number of benzene rings is 2. The molecule has 0 bridgehead atoms. The minimum atomic E-state index is -2.61. The van der Waals surface area contributed by atoms with Crippen LogP contribution in [0.4, 0.5) is 5.69 Å². The van der Waals surface area contributed by atoms with Gasteiger partial charge in [-0.2, -0.15) is 0 Å². The molecule has 0 saturated carbocycles. The zero-order valence-electron chi connectivity index (χ0n) is 22.8. The minimum Gasteiger partial charge on any atom is -0.497 e. The molecule has 7 nitrogen and oxygen atoms in total. The zero-order chi connectivity index (χ0) is 28.0. The summed E-state index contributed by atoms with van der Waals surface area (Å²) in [5.74, 6) is -2.40. The number of ether oxygens (including phenoxy) is 3. The first kappa shape index (κ1) is 31.3. The van der Waals surface area contributed by atoms with Gasteiger partial charge in [0.25, 0.3) is 10.8 Å². The van der Waals surface area contributed by atoms with Crippen LogP contribution in [-0.2, 0) is 19.1 Å². The van der Waals surface area contributed by atoms with Gasteiger partial charge < -0.3 is 19.5 Å². The monoisotopic (exact) mass is 545 g/mol. The van der Waals surface area contributed by atoms with Crippen LogP contribution >= 0.6 is 11.6 Å². The van der Waals surface area contributed by atoms with Gasteiger partial charge in [-0.15, -0.1) is 0 Å². The Hall–Kier alpha value is -2.90. The van der Waals surface area contributed by atoms with Crippen LogP contribution in [0.25, 0.3) is 0 Å². The van der Waals surface area contributed by atoms with Gasteiger partial charge >= 0.3 is 5.97 Å². The highest BCUT2D eigenvalue weighted by Crippen LogP contribution is 2.29. The molecular weight excluding hydrogens is 506 g/mol. The number of Topliss-reactive ketones (excluding diaryl/α,β-unsaturated/α-hetero) is 1. The summed E-state index contributed by atoms with van der Waals surface area (Å²) in [5.41, 5.74) is 0.490. The van der Waals surface area contributed by atoms with Crippen LogP contribution in [0.3, 0.4) is 0 Å². The number of nitrogens with one attached hydrogen (secondary N) is 1. The van der Waals surface area contributed by atoms with Crippen molar-refractivity contribution in [1.29, 1.82) is 0 Å². The van der Waals surface area contributed by atoms with E-state index in [1.165, 1.54) is 19.2 Å². The van der Waals surface area contributed by atoms with E-state index in [1.54, 1.807) is 49.6 Å². The van der Waals surface area contributed by atoms with Gasteiger partial charge in [0.2, 0.25) is 5.78 Å². The number of hydrogen-bond donors (Lipinski definition) is 1. The highest BCUT2D eigenvalue weighted by molar-refractivity contribution is 6.59. The maximum absolute atomic E-state index is 13.6. The van der Waals surface area contributed by atoms with Crippen molar-refractivity contribution in [3.63, 3.8) is 0 Å². The molecule has 0 spiro atoms. The highest BCUT2D eigenvalue weighted by Gasteiger charge is 2.54. The number of rotatable bonds is 17. The maximum atomic E-state index is 13.6. The number of hydrogen-bond acceptors (Lipinski definition) is 6. The summed E-state index contributed by atoms with van der Waals surface area (Å²) >= 11 is 6.69. The van der Waals surface area contributed by atoms with Gasteiger partial charge in [-0.1, -0.05) is 62.4 Å². The van der Waals surface area contributed by atoms with E-state index < -0.39 is 28.6 Å². The normalized spacial score (nSPS) is 14.1. The van der Waals surface area contributed by atoms with Gasteiger partial charge in [0.15, 0.2) is 0 Å². The summed E-state index contributed by atoms with van der Waals surface area (Å²) in [6.07, 6.45) is 6.49. The lowest BCUT2D eigenvalue weighted by atomic mass is 9.95.